The maximum absolute atomic E-state index is 9.63. The second-order valence-electron chi connectivity index (χ2n) is 4.58. The van der Waals surface area contributed by atoms with E-state index in [1.807, 2.05) is 36.4 Å². The van der Waals surface area contributed by atoms with Gasteiger partial charge >= 0.3 is 0 Å². The van der Waals surface area contributed by atoms with Crippen molar-refractivity contribution in [1.82, 2.24) is 5.32 Å². The van der Waals surface area contributed by atoms with Crippen molar-refractivity contribution >= 4 is 10.8 Å². The van der Waals surface area contributed by atoms with Gasteiger partial charge in [-0.1, -0.05) is 30.3 Å². The molecule has 0 saturated carbocycles. The molecule has 0 aliphatic rings. The van der Waals surface area contributed by atoms with Gasteiger partial charge in [0.15, 0.2) is 0 Å². The predicted octanol–water partition coefficient (Wildman–Crippen LogP) is 2.12. The Bertz CT molecular complexity index is 556. The number of nitrogens with one attached hydrogen (secondary N) is 1. The van der Waals surface area contributed by atoms with Crippen LogP contribution in [0.2, 0.25) is 0 Å². The topological polar surface area (TPSA) is 50.7 Å². The predicted molar refractivity (Wildman–Crippen MR) is 80.2 cm³/mol. The lowest BCUT2D eigenvalue weighted by atomic mass is 9.98. The van der Waals surface area contributed by atoms with Gasteiger partial charge in [0.05, 0.1) is 26.4 Å². The van der Waals surface area contributed by atoms with Gasteiger partial charge in [-0.15, -0.1) is 0 Å². The van der Waals surface area contributed by atoms with E-state index in [4.69, 9.17) is 9.47 Å². The second kappa shape index (κ2) is 7.24. The van der Waals surface area contributed by atoms with Gasteiger partial charge in [-0.3, -0.25) is 0 Å². The van der Waals surface area contributed by atoms with Crippen molar-refractivity contribution in [3.05, 3.63) is 42.0 Å². The molecule has 0 bridgehead atoms. The molecule has 20 heavy (non-hydrogen) atoms. The van der Waals surface area contributed by atoms with Gasteiger partial charge in [-0.05, 0) is 17.0 Å². The van der Waals surface area contributed by atoms with Gasteiger partial charge < -0.3 is 19.9 Å². The van der Waals surface area contributed by atoms with Gasteiger partial charge in [0.2, 0.25) is 0 Å². The molecule has 2 aromatic rings. The maximum atomic E-state index is 9.63. The van der Waals surface area contributed by atoms with Crippen LogP contribution < -0.4 is 10.1 Å². The highest BCUT2D eigenvalue weighted by molar-refractivity contribution is 5.91. The molecule has 2 aromatic carbocycles. The smallest absolute Gasteiger partial charge is 0.126 e. The maximum Gasteiger partial charge on any atom is 0.126 e. The standard InChI is InChI=1S/C16H21NO3/c1-19-10-9-17-15(11-18)13-7-8-16(20-2)14-6-4-3-5-12(13)14/h3-8,15,17-18H,9-11H2,1-2H3. The second-order valence-corrected chi connectivity index (χ2v) is 4.58. The third-order valence-electron chi connectivity index (χ3n) is 3.39. The van der Waals surface area contributed by atoms with Crippen LogP contribution in [0.15, 0.2) is 36.4 Å². The van der Waals surface area contributed by atoms with Crippen LogP contribution in [0.4, 0.5) is 0 Å². The van der Waals surface area contributed by atoms with Crippen LogP contribution in [-0.2, 0) is 4.74 Å². The third kappa shape index (κ3) is 3.10. The van der Waals surface area contributed by atoms with Crippen molar-refractivity contribution in [1.29, 1.82) is 0 Å². The summed E-state index contributed by atoms with van der Waals surface area (Å²) < 4.78 is 10.4. The van der Waals surface area contributed by atoms with E-state index < -0.39 is 0 Å². The van der Waals surface area contributed by atoms with Gasteiger partial charge in [0, 0.05) is 19.0 Å². The molecule has 2 N–H and O–H groups in total. The van der Waals surface area contributed by atoms with Crippen LogP contribution in [-0.4, -0.2) is 39.1 Å². The summed E-state index contributed by atoms with van der Waals surface area (Å²) in [4.78, 5) is 0. The number of hydrogen-bond donors (Lipinski definition) is 2. The first-order chi connectivity index (χ1) is 9.81. The highest BCUT2D eigenvalue weighted by Crippen LogP contribution is 2.31. The molecule has 4 nitrogen and oxygen atoms in total. The Labute approximate surface area is 119 Å². The summed E-state index contributed by atoms with van der Waals surface area (Å²) in [5.41, 5.74) is 1.07. The lowest BCUT2D eigenvalue weighted by Crippen LogP contribution is -2.27. The van der Waals surface area contributed by atoms with Gasteiger partial charge in [0.25, 0.3) is 0 Å². The first kappa shape index (κ1) is 14.8. The summed E-state index contributed by atoms with van der Waals surface area (Å²) >= 11 is 0. The molecular weight excluding hydrogens is 254 g/mol. The van der Waals surface area contributed by atoms with Crippen LogP contribution in [0.3, 0.4) is 0 Å². The zero-order valence-electron chi connectivity index (χ0n) is 11.9. The number of methoxy groups -OCH3 is 2. The first-order valence-electron chi connectivity index (χ1n) is 6.70. The summed E-state index contributed by atoms with van der Waals surface area (Å²) in [6, 6.07) is 11.9. The van der Waals surface area contributed by atoms with Crippen LogP contribution in [0.5, 0.6) is 5.75 Å². The van der Waals surface area contributed by atoms with Crippen LogP contribution >= 0.6 is 0 Å². The Morgan fingerprint density at radius 3 is 2.50 bits per heavy atom. The largest absolute Gasteiger partial charge is 0.496 e. The van der Waals surface area contributed by atoms with E-state index in [1.165, 1.54) is 0 Å². The minimum atomic E-state index is -0.110. The number of hydrogen-bond acceptors (Lipinski definition) is 4. The van der Waals surface area contributed by atoms with E-state index in [0.717, 1.165) is 22.1 Å². The average Bonchev–Trinajstić information content (AvgIpc) is 2.51. The molecule has 0 saturated heterocycles. The molecule has 2 rings (SSSR count). The Kier molecular flexibility index (Phi) is 5.35. The molecule has 0 radical (unpaired) electrons. The number of aliphatic hydroxyl groups is 1. The fourth-order valence-electron chi connectivity index (χ4n) is 2.38. The van der Waals surface area contributed by atoms with E-state index >= 15 is 0 Å². The highest BCUT2D eigenvalue weighted by Gasteiger charge is 2.14. The lowest BCUT2D eigenvalue weighted by molar-refractivity contribution is 0.184. The first-order valence-corrected chi connectivity index (χ1v) is 6.70. The van der Waals surface area contributed by atoms with Crippen LogP contribution in [0.25, 0.3) is 10.8 Å². The number of aliphatic hydroxyl groups excluding tert-OH is 1. The Balaban J connectivity index is 2.37. The van der Waals surface area contributed by atoms with Crippen molar-refractivity contribution in [3.63, 3.8) is 0 Å². The monoisotopic (exact) mass is 275 g/mol. The van der Waals surface area contributed by atoms with Crippen molar-refractivity contribution in [2.75, 3.05) is 34.0 Å². The summed E-state index contributed by atoms with van der Waals surface area (Å²) in [5, 5.41) is 15.1. The fourth-order valence-corrected chi connectivity index (χ4v) is 2.38. The van der Waals surface area contributed by atoms with E-state index in [2.05, 4.69) is 5.32 Å². The molecule has 4 heteroatoms. The van der Waals surface area contributed by atoms with Gasteiger partial charge in [0.1, 0.15) is 5.75 Å². The summed E-state index contributed by atoms with van der Waals surface area (Å²) in [6.07, 6.45) is 0. The molecule has 0 aliphatic carbocycles. The zero-order chi connectivity index (χ0) is 14.4. The Morgan fingerprint density at radius 1 is 1.10 bits per heavy atom. The molecule has 0 aliphatic heterocycles. The van der Waals surface area contributed by atoms with E-state index in [0.29, 0.717) is 13.2 Å². The summed E-state index contributed by atoms with van der Waals surface area (Å²) in [5.74, 6) is 0.845. The molecule has 0 aromatic heterocycles. The number of benzene rings is 2. The van der Waals surface area contributed by atoms with Crippen molar-refractivity contribution in [3.8, 4) is 5.75 Å². The number of ether oxygens (including phenoxy) is 2. The van der Waals surface area contributed by atoms with Crippen molar-refractivity contribution in [2.45, 2.75) is 6.04 Å². The zero-order valence-corrected chi connectivity index (χ0v) is 11.9. The molecule has 1 atom stereocenters. The summed E-state index contributed by atoms with van der Waals surface area (Å²) in [6.45, 7) is 1.35. The molecule has 0 heterocycles. The summed E-state index contributed by atoms with van der Waals surface area (Å²) in [7, 11) is 3.33. The molecular formula is C16H21NO3. The van der Waals surface area contributed by atoms with Gasteiger partial charge in [-0.2, -0.15) is 0 Å². The molecule has 0 fully saturated rings. The van der Waals surface area contributed by atoms with E-state index in [9.17, 15) is 5.11 Å². The lowest BCUT2D eigenvalue weighted by Gasteiger charge is -2.19. The molecule has 0 amide bonds. The van der Waals surface area contributed by atoms with E-state index in [1.54, 1.807) is 14.2 Å². The minimum absolute atomic E-state index is 0.0417. The fraction of sp³-hybridized carbons (Fsp3) is 0.375. The van der Waals surface area contributed by atoms with Crippen molar-refractivity contribution in [2.24, 2.45) is 0 Å². The molecule has 0 spiro atoms. The molecule has 1 unspecified atom stereocenters. The normalized spacial score (nSPS) is 12.6. The average molecular weight is 275 g/mol. The van der Waals surface area contributed by atoms with Crippen molar-refractivity contribution < 1.29 is 14.6 Å². The highest BCUT2D eigenvalue weighted by atomic mass is 16.5. The van der Waals surface area contributed by atoms with Crippen LogP contribution in [0, 0.1) is 0 Å². The number of fused-ring (bicyclic) bond motifs is 1. The number of rotatable bonds is 7. The minimum Gasteiger partial charge on any atom is -0.496 e. The van der Waals surface area contributed by atoms with Gasteiger partial charge in [-0.25, -0.2) is 0 Å². The Hall–Kier alpha value is -1.62. The third-order valence-corrected chi connectivity index (χ3v) is 3.39. The van der Waals surface area contributed by atoms with E-state index in [-0.39, 0.29) is 12.6 Å². The molecule has 108 valence electrons. The SMILES string of the molecule is COCCNC(CO)c1ccc(OC)c2ccccc12. The van der Waals surface area contributed by atoms with Crippen LogP contribution in [0.1, 0.15) is 11.6 Å². The Morgan fingerprint density at radius 2 is 1.85 bits per heavy atom. The quantitative estimate of drug-likeness (QED) is 0.760.